The molecule has 3 heterocycles. The number of carbonyl (C=O) groups excluding carboxylic acids is 1. The summed E-state index contributed by atoms with van der Waals surface area (Å²) in [6.07, 6.45) is -5.87. The number of nitrogen functional groups attached to an aromatic ring is 1. The third-order valence-electron chi connectivity index (χ3n) is 6.88. The molecular weight excluding hydrogens is 676 g/mol. The molecule has 0 radical (unpaired) electrons. The second-order valence-electron chi connectivity index (χ2n) is 10.3. The van der Waals surface area contributed by atoms with E-state index in [9.17, 15) is 49.1 Å². The molecule has 0 amide bonds. The minimum atomic E-state index is -4.76. The first-order valence-corrected chi connectivity index (χ1v) is 15.3. The number of nitrogens with zero attached hydrogens (tertiary/aromatic N) is 5. The van der Waals surface area contributed by atoms with Gasteiger partial charge in [0.1, 0.15) is 5.88 Å². The van der Waals surface area contributed by atoms with E-state index in [1.54, 1.807) is 0 Å². The molecule has 3 aromatic heterocycles. The maximum Gasteiger partial charge on any atom is 0.417 e. The Hall–Kier alpha value is -5.40. The van der Waals surface area contributed by atoms with E-state index in [2.05, 4.69) is 19.9 Å². The molecule has 13 nitrogen and oxygen atoms in total. The Bertz CT molecular complexity index is 2270. The van der Waals surface area contributed by atoms with Gasteiger partial charge in [-0.3, -0.25) is 14.2 Å². The third-order valence-corrected chi connectivity index (χ3v) is 7.61. The van der Waals surface area contributed by atoms with Crippen molar-refractivity contribution in [2.45, 2.75) is 18.2 Å². The fraction of sp³-hybridized carbons (Fsp3) is 0.250. The molecule has 20 heteroatoms. The highest BCUT2D eigenvalue weighted by molar-refractivity contribution is 7.89. The standard InChI is InChI=1S/C15H13F3N4O4S.C13H12F3N3O2/c1-21-12(3-4-19-21)8-5-9-11(6-10(8)15(16,17)18)20-14(24)22(13(9)23)7-27(2,25)26;1-19-11(3-4-18-19)7-5-8(12(20)21-2)10(17)6-9(7)13(14,15)16/h3-6H,7H2,1-2H3,(H,20,24);3-6H,17H2,1-2H3. The molecule has 2 aromatic carbocycles. The topological polar surface area (TPSA) is 177 Å². The smallest absolute Gasteiger partial charge is 0.417 e. The number of nitrogens with one attached hydrogen (secondary N) is 1. The molecule has 5 aromatic rings. The van der Waals surface area contributed by atoms with Crippen LogP contribution >= 0.6 is 0 Å². The van der Waals surface area contributed by atoms with Gasteiger partial charge in [0.05, 0.1) is 46.1 Å². The Morgan fingerprint density at radius 1 is 0.896 bits per heavy atom. The number of methoxy groups -OCH3 is 1. The highest BCUT2D eigenvalue weighted by Crippen LogP contribution is 2.40. The fourth-order valence-corrected chi connectivity index (χ4v) is 5.43. The van der Waals surface area contributed by atoms with Gasteiger partial charge < -0.3 is 15.5 Å². The van der Waals surface area contributed by atoms with Crippen molar-refractivity contribution in [2.24, 2.45) is 14.1 Å². The average molecular weight is 702 g/mol. The van der Waals surface area contributed by atoms with E-state index in [0.717, 1.165) is 31.6 Å². The molecular formula is C28H25F6N7O6S. The highest BCUT2D eigenvalue weighted by Gasteiger charge is 2.37. The van der Waals surface area contributed by atoms with Crippen molar-refractivity contribution in [1.29, 1.82) is 0 Å². The second-order valence-corrected chi connectivity index (χ2v) is 12.4. The molecule has 0 atom stereocenters. The zero-order chi connectivity index (χ0) is 35.9. The molecule has 0 aliphatic carbocycles. The number of halogens is 6. The first-order valence-electron chi connectivity index (χ1n) is 13.3. The van der Waals surface area contributed by atoms with Gasteiger partial charge in [-0.1, -0.05) is 0 Å². The van der Waals surface area contributed by atoms with Gasteiger partial charge in [-0.15, -0.1) is 0 Å². The van der Waals surface area contributed by atoms with Crippen LogP contribution in [0.2, 0.25) is 0 Å². The first kappa shape index (κ1) is 35.5. The number of H-pyrrole nitrogens is 1. The summed E-state index contributed by atoms with van der Waals surface area (Å²) in [5, 5.41) is 7.42. The van der Waals surface area contributed by atoms with Gasteiger partial charge in [0.25, 0.3) is 5.56 Å². The van der Waals surface area contributed by atoms with Gasteiger partial charge in [-0.2, -0.15) is 36.5 Å². The van der Waals surface area contributed by atoms with Gasteiger partial charge >= 0.3 is 24.0 Å². The lowest BCUT2D eigenvalue weighted by atomic mass is 9.99. The van der Waals surface area contributed by atoms with Crippen LogP contribution in [0.5, 0.6) is 0 Å². The Kier molecular flexibility index (Phi) is 9.35. The fourth-order valence-electron chi connectivity index (χ4n) is 4.72. The van der Waals surface area contributed by atoms with Crippen LogP contribution in [0.4, 0.5) is 32.0 Å². The number of sulfone groups is 1. The van der Waals surface area contributed by atoms with Gasteiger partial charge in [-0.25, -0.2) is 22.6 Å². The Morgan fingerprint density at radius 3 is 1.83 bits per heavy atom. The van der Waals surface area contributed by atoms with Crippen LogP contribution in [0.3, 0.4) is 0 Å². The van der Waals surface area contributed by atoms with E-state index in [1.807, 2.05) is 0 Å². The van der Waals surface area contributed by atoms with Crippen LogP contribution in [0.1, 0.15) is 21.5 Å². The SMILES string of the molecule is COC(=O)c1cc(-c2ccnn2C)c(C(F)(F)F)cc1N.Cn1nccc1-c1cc2c(=O)n(CS(C)(=O)=O)c(=O)[nH]c2cc1C(F)(F)F. The molecule has 0 saturated carbocycles. The summed E-state index contributed by atoms with van der Waals surface area (Å²) >= 11 is 0. The zero-order valence-corrected chi connectivity index (χ0v) is 26.1. The van der Waals surface area contributed by atoms with Crippen molar-refractivity contribution in [3.63, 3.8) is 0 Å². The van der Waals surface area contributed by atoms with Gasteiger partial charge in [-0.05, 0) is 36.4 Å². The predicted molar refractivity (Wildman–Crippen MR) is 160 cm³/mol. The van der Waals surface area contributed by atoms with E-state index >= 15 is 0 Å². The van der Waals surface area contributed by atoms with E-state index < -0.39 is 56.4 Å². The molecule has 48 heavy (non-hydrogen) atoms. The van der Waals surface area contributed by atoms with Crippen molar-refractivity contribution in [1.82, 2.24) is 29.1 Å². The number of ether oxygens (including phenoxy) is 1. The van der Waals surface area contributed by atoms with Crippen molar-refractivity contribution < 1.29 is 44.3 Å². The number of nitrogens with two attached hydrogens (primary N) is 1. The number of alkyl halides is 6. The number of anilines is 1. The van der Waals surface area contributed by atoms with Gasteiger partial charge in [0.2, 0.25) is 0 Å². The lowest BCUT2D eigenvalue weighted by Crippen LogP contribution is -2.37. The summed E-state index contributed by atoms with van der Waals surface area (Å²) in [5.41, 5.74) is 0.486. The Balaban J connectivity index is 0.000000224. The maximum absolute atomic E-state index is 13.5. The number of carbonyl (C=O) groups is 1. The highest BCUT2D eigenvalue weighted by atomic mass is 32.2. The molecule has 0 spiro atoms. The number of fused-ring (bicyclic) bond motifs is 1. The predicted octanol–water partition coefficient (Wildman–Crippen LogP) is 3.59. The van der Waals surface area contributed by atoms with Gasteiger partial charge in [0, 0.05) is 49.6 Å². The van der Waals surface area contributed by atoms with Crippen molar-refractivity contribution in [2.75, 3.05) is 19.1 Å². The number of aryl methyl sites for hydroxylation is 2. The van der Waals surface area contributed by atoms with Crippen LogP contribution in [0.25, 0.3) is 33.4 Å². The zero-order valence-electron chi connectivity index (χ0n) is 25.3. The van der Waals surface area contributed by atoms with Crippen molar-refractivity contribution in [3.8, 4) is 22.5 Å². The average Bonchev–Trinajstić information content (AvgIpc) is 3.60. The van der Waals surface area contributed by atoms with Crippen molar-refractivity contribution in [3.05, 3.63) is 86.3 Å². The van der Waals surface area contributed by atoms with Crippen LogP contribution in [-0.4, -0.2) is 56.9 Å². The first-order chi connectivity index (χ1) is 22.1. The van der Waals surface area contributed by atoms with Crippen LogP contribution in [0.15, 0.2) is 58.4 Å². The van der Waals surface area contributed by atoms with Crippen LogP contribution in [0, 0.1) is 0 Å². The van der Waals surface area contributed by atoms with E-state index in [-0.39, 0.29) is 44.7 Å². The summed E-state index contributed by atoms with van der Waals surface area (Å²) in [5.74, 6) is -1.69. The largest absolute Gasteiger partial charge is 0.465 e. The third kappa shape index (κ3) is 7.27. The van der Waals surface area contributed by atoms with Crippen molar-refractivity contribution >= 4 is 32.4 Å². The number of esters is 1. The molecule has 0 aliphatic heterocycles. The van der Waals surface area contributed by atoms with E-state index in [1.165, 1.54) is 48.0 Å². The Labute approximate surface area is 266 Å². The molecule has 0 bridgehead atoms. The number of hydrogen-bond acceptors (Lipinski definition) is 9. The monoisotopic (exact) mass is 701 g/mol. The molecule has 5 rings (SSSR count). The second kappa shape index (κ2) is 12.7. The van der Waals surface area contributed by atoms with E-state index in [4.69, 9.17) is 5.73 Å². The molecule has 0 unspecified atom stereocenters. The van der Waals surface area contributed by atoms with Gasteiger partial charge in [0.15, 0.2) is 9.84 Å². The molecule has 0 aliphatic rings. The quantitative estimate of drug-likeness (QED) is 0.158. The number of aromatic nitrogens is 6. The minimum Gasteiger partial charge on any atom is -0.465 e. The molecule has 3 N–H and O–H groups in total. The maximum atomic E-state index is 13.5. The molecule has 0 saturated heterocycles. The number of benzene rings is 2. The normalized spacial score (nSPS) is 12.1. The summed E-state index contributed by atoms with van der Waals surface area (Å²) in [4.78, 5) is 38.3. The summed E-state index contributed by atoms with van der Waals surface area (Å²) in [6, 6.07) is 6.20. The lowest BCUT2D eigenvalue weighted by molar-refractivity contribution is -0.137. The Morgan fingerprint density at radius 2 is 1.40 bits per heavy atom. The lowest BCUT2D eigenvalue weighted by Gasteiger charge is -2.16. The summed E-state index contributed by atoms with van der Waals surface area (Å²) in [7, 11) is 0.337. The number of aromatic amines is 1. The molecule has 0 fully saturated rings. The van der Waals surface area contributed by atoms with Crippen LogP contribution in [-0.2, 0) is 46.9 Å². The summed E-state index contributed by atoms with van der Waals surface area (Å²) in [6.45, 7) is 0. The molecule has 256 valence electrons. The van der Waals surface area contributed by atoms with E-state index in [0.29, 0.717) is 10.6 Å². The minimum absolute atomic E-state index is 0.101. The summed E-state index contributed by atoms with van der Waals surface area (Å²) < 4.78 is 110. The number of rotatable bonds is 5. The van der Waals surface area contributed by atoms with Crippen LogP contribution < -0.4 is 17.0 Å². The number of hydrogen-bond donors (Lipinski definition) is 2.